The number of nitrogens with one attached hydrogen (secondary N) is 1. The zero-order valence-electron chi connectivity index (χ0n) is 24.6. The Bertz CT molecular complexity index is 1420. The lowest BCUT2D eigenvalue weighted by molar-refractivity contribution is -0.137. The van der Waals surface area contributed by atoms with E-state index < -0.39 is 6.04 Å². The fourth-order valence-corrected chi connectivity index (χ4v) is 5.55. The van der Waals surface area contributed by atoms with Crippen molar-refractivity contribution >= 4 is 17.7 Å². The first-order valence-electron chi connectivity index (χ1n) is 14.7. The van der Waals surface area contributed by atoms with E-state index in [9.17, 15) is 19.5 Å². The third-order valence-corrected chi connectivity index (χ3v) is 7.85. The largest absolute Gasteiger partial charge is 0.457 e. The molecule has 2 aromatic carbocycles. The number of hydrogen-bond acceptors (Lipinski definition) is 8. The van der Waals surface area contributed by atoms with Crippen LogP contribution in [0.4, 0.5) is 0 Å². The van der Waals surface area contributed by atoms with E-state index in [0.717, 1.165) is 11.1 Å². The first-order valence-corrected chi connectivity index (χ1v) is 14.7. The summed E-state index contributed by atoms with van der Waals surface area (Å²) in [5, 5.41) is 16.4. The summed E-state index contributed by atoms with van der Waals surface area (Å²) in [5.74, 6) is 1.06. The molecule has 11 nitrogen and oxygen atoms in total. The Morgan fingerprint density at radius 1 is 1.07 bits per heavy atom. The van der Waals surface area contributed by atoms with Crippen molar-refractivity contribution in [3.8, 4) is 11.5 Å². The average molecular weight is 591 g/mol. The summed E-state index contributed by atoms with van der Waals surface area (Å²) in [4.78, 5) is 43.2. The summed E-state index contributed by atoms with van der Waals surface area (Å²) in [6.45, 7) is 4.37. The van der Waals surface area contributed by atoms with E-state index in [4.69, 9.17) is 14.0 Å². The molecule has 1 saturated heterocycles. The lowest BCUT2D eigenvalue weighted by atomic mass is 10.00. The molecule has 228 valence electrons. The highest BCUT2D eigenvalue weighted by molar-refractivity contribution is 5.96. The van der Waals surface area contributed by atoms with Gasteiger partial charge in [0.15, 0.2) is 0 Å². The first-order chi connectivity index (χ1) is 20.8. The number of likely N-dealkylation sites (tertiary alicyclic amines) is 1. The van der Waals surface area contributed by atoms with Gasteiger partial charge >= 0.3 is 0 Å². The lowest BCUT2D eigenvalue weighted by Gasteiger charge is -2.39. The number of aliphatic hydroxyl groups is 1. The van der Waals surface area contributed by atoms with Gasteiger partial charge < -0.3 is 34.2 Å². The summed E-state index contributed by atoms with van der Waals surface area (Å²) in [7, 11) is 0. The van der Waals surface area contributed by atoms with Crippen LogP contribution in [0.25, 0.3) is 0 Å². The van der Waals surface area contributed by atoms with Crippen LogP contribution in [-0.4, -0.2) is 82.7 Å². The maximum absolute atomic E-state index is 13.4. The topological polar surface area (TPSA) is 134 Å². The minimum atomic E-state index is -0.516. The standard InChI is InChI=1S/C32H38N4O7/c1-21-31(22(2)43-34-21)32(40)36-15-13-28-27(18-36)33-29(38)19-35(14-4-16-37)30(39)12-9-23-7-10-25(11-8-23)42-26-6-3-5-24(17-26)20-41-28/h3,5-8,10-11,17,27-28,37H,4,9,12-16,18-20H2,1-2H3,(H,33,38)/t27-,28-/m0/s1. The second-order valence-corrected chi connectivity index (χ2v) is 11.0. The van der Waals surface area contributed by atoms with Crippen molar-refractivity contribution in [1.29, 1.82) is 0 Å². The zero-order chi connectivity index (χ0) is 30.3. The number of ether oxygens (including phenoxy) is 2. The van der Waals surface area contributed by atoms with Crippen molar-refractivity contribution in [2.24, 2.45) is 0 Å². The molecule has 6 rings (SSSR count). The molecule has 2 atom stereocenters. The van der Waals surface area contributed by atoms with Crippen LogP contribution >= 0.6 is 0 Å². The number of carbonyl (C=O) groups excluding carboxylic acids is 3. The first kappa shape index (κ1) is 30.2. The monoisotopic (exact) mass is 590 g/mol. The maximum atomic E-state index is 13.4. The van der Waals surface area contributed by atoms with Crippen LogP contribution in [-0.2, 0) is 27.4 Å². The lowest BCUT2D eigenvalue weighted by Crippen LogP contribution is -2.58. The van der Waals surface area contributed by atoms with Gasteiger partial charge in [-0.05, 0) is 68.5 Å². The van der Waals surface area contributed by atoms with Crippen molar-refractivity contribution in [2.45, 2.75) is 58.3 Å². The highest BCUT2D eigenvalue weighted by atomic mass is 16.5. The molecule has 3 aliphatic rings. The normalized spacial score (nSPS) is 20.0. The number of nitrogens with zero attached hydrogens (tertiary/aromatic N) is 3. The number of amides is 3. The van der Waals surface area contributed by atoms with Crippen molar-refractivity contribution in [2.75, 3.05) is 32.8 Å². The molecule has 4 bridgehead atoms. The van der Waals surface area contributed by atoms with Crippen molar-refractivity contribution in [3.05, 3.63) is 76.7 Å². The number of hydrogen-bond donors (Lipinski definition) is 2. The fraction of sp³-hybridized carbons (Fsp3) is 0.438. The molecule has 1 aromatic heterocycles. The Morgan fingerprint density at radius 2 is 1.88 bits per heavy atom. The van der Waals surface area contributed by atoms with Crippen LogP contribution in [0.1, 0.15) is 52.2 Å². The van der Waals surface area contributed by atoms with Crippen LogP contribution in [0.3, 0.4) is 0 Å². The van der Waals surface area contributed by atoms with Gasteiger partial charge in [-0.2, -0.15) is 0 Å². The molecule has 43 heavy (non-hydrogen) atoms. The summed E-state index contributed by atoms with van der Waals surface area (Å²) in [6, 6.07) is 14.7. The van der Waals surface area contributed by atoms with Crippen LogP contribution in [0.15, 0.2) is 53.1 Å². The van der Waals surface area contributed by atoms with E-state index in [1.54, 1.807) is 18.7 Å². The molecule has 11 heteroatoms. The molecule has 2 N–H and O–H groups in total. The predicted molar refractivity (Wildman–Crippen MR) is 157 cm³/mol. The number of rotatable bonds is 4. The second-order valence-electron chi connectivity index (χ2n) is 11.0. The van der Waals surface area contributed by atoms with Crippen molar-refractivity contribution < 1.29 is 33.5 Å². The highest BCUT2D eigenvalue weighted by Gasteiger charge is 2.35. The molecule has 0 radical (unpaired) electrons. The van der Waals surface area contributed by atoms with Gasteiger partial charge in [0.05, 0.1) is 31.0 Å². The summed E-state index contributed by atoms with van der Waals surface area (Å²) >= 11 is 0. The molecule has 0 saturated carbocycles. The van der Waals surface area contributed by atoms with E-state index in [2.05, 4.69) is 10.5 Å². The molecule has 4 heterocycles. The fourth-order valence-electron chi connectivity index (χ4n) is 5.55. The van der Waals surface area contributed by atoms with Gasteiger partial charge in [0.1, 0.15) is 22.8 Å². The summed E-state index contributed by atoms with van der Waals surface area (Å²) in [6.07, 6.45) is 1.20. The van der Waals surface area contributed by atoms with Gasteiger partial charge in [0, 0.05) is 32.7 Å². The maximum Gasteiger partial charge on any atom is 0.259 e. The summed E-state index contributed by atoms with van der Waals surface area (Å²) < 4.78 is 17.6. The zero-order valence-corrected chi connectivity index (χ0v) is 24.6. The smallest absolute Gasteiger partial charge is 0.259 e. The number of fused-ring (bicyclic) bond motifs is 9. The van der Waals surface area contributed by atoms with Gasteiger partial charge in [0.25, 0.3) is 5.91 Å². The number of aromatic nitrogens is 1. The number of aryl methyl sites for hydroxylation is 3. The van der Waals surface area contributed by atoms with E-state index in [1.807, 2.05) is 48.5 Å². The van der Waals surface area contributed by atoms with Gasteiger partial charge in [0.2, 0.25) is 11.8 Å². The van der Waals surface area contributed by atoms with E-state index >= 15 is 0 Å². The van der Waals surface area contributed by atoms with Gasteiger partial charge in [-0.25, -0.2) is 0 Å². The third-order valence-electron chi connectivity index (χ3n) is 7.85. The Labute approximate surface area is 250 Å². The molecule has 3 aromatic rings. The minimum absolute atomic E-state index is 0.0924. The van der Waals surface area contributed by atoms with Gasteiger partial charge in [-0.3, -0.25) is 14.4 Å². The van der Waals surface area contributed by atoms with Gasteiger partial charge in [-0.15, -0.1) is 0 Å². The van der Waals surface area contributed by atoms with E-state index in [0.29, 0.717) is 54.3 Å². The Hall–Kier alpha value is -4.22. The molecule has 0 aliphatic carbocycles. The number of aliphatic hydroxyl groups excluding tert-OH is 1. The molecule has 0 spiro atoms. The van der Waals surface area contributed by atoms with E-state index in [1.165, 1.54) is 4.90 Å². The van der Waals surface area contributed by atoms with Crippen LogP contribution < -0.4 is 10.1 Å². The highest BCUT2D eigenvalue weighted by Crippen LogP contribution is 2.25. The minimum Gasteiger partial charge on any atom is -0.457 e. The Balaban J connectivity index is 1.39. The number of carbonyl (C=O) groups is 3. The number of benzene rings is 2. The Kier molecular flexibility index (Phi) is 9.73. The van der Waals surface area contributed by atoms with Gasteiger partial charge in [-0.1, -0.05) is 29.4 Å². The predicted octanol–water partition coefficient (Wildman–Crippen LogP) is 3.16. The summed E-state index contributed by atoms with van der Waals surface area (Å²) in [5.41, 5.74) is 2.82. The molecule has 3 amide bonds. The van der Waals surface area contributed by atoms with Crippen LogP contribution in [0.5, 0.6) is 11.5 Å². The molecular weight excluding hydrogens is 552 g/mol. The van der Waals surface area contributed by atoms with Crippen LogP contribution in [0, 0.1) is 13.8 Å². The SMILES string of the molecule is Cc1noc(C)c1C(=O)N1CC[C@@H]2OCc3cccc(c3)Oc3ccc(cc3)CCC(=O)N(CCCO)CC(=O)N[C@H]2C1. The molecule has 3 aliphatic heterocycles. The Morgan fingerprint density at radius 3 is 2.63 bits per heavy atom. The molecule has 0 unspecified atom stereocenters. The van der Waals surface area contributed by atoms with E-state index in [-0.39, 0.29) is 63.1 Å². The van der Waals surface area contributed by atoms with Crippen molar-refractivity contribution in [1.82, 2.24) is 20.3 Å². The number of piperidine rings is 1. The second kappa shape index (κ2) is 13.8. The third kappa shape index (κ3) is 7.60. The average Bonchev–Trinajstić information content (AvgIpc) is 3.34. The quantitative estimate of drug-likeness (QED) is 0.473. The molecular formula is C32H38N4O7. The van der Waals surface area contributed by atoms with Crippen molar-refractivity contribution in [3.63, 3.8) is 0 Å². The van der Waals surface area contributed by atoms with Crippen LogP contribution in [0.2, 0.25) is 0 Å². The molecule has 1 fully saturated rings.